The summed E-state index contributed by atoms with van der Waals surface area (Å²) in [4.78, 5) is 10.5. The second kappa shape index (κ2) is 6.15. The first-order valence-corrected chi connectivity index (χ1v) is 9.03. The summed E-state index contributed by atoms with van der Waals surface area (Å²) in [6, 6.07) is 3.90. The van der Waals surface area contributed by atoms with Gasteiger partial charge in [0.15, 0.2) is 5.82 Å². The normalized spacial score (nSPS) is 14.6. The van der Waals surface area contributed by atoms with E-state index in [1.807, 2.05) is 12.1 Å². The Morgan fingerprint density at radius 3 is 2.80 bits per heavy atom. The molecule has 1 fully saturated rings. The molecule has 20 heavy (non-hydrogen) atoms. The van der Waals surface area contributed by atoms with Crippen molar-refractivity contribution in [2.24, 2.45) is 0 Å². The highest BCUT2D eigenvalue weighted by Crippen LogP contribution is 2.43. The molecule has 3 nitrogen and oxygen atoms in total. The highest BCUT2D eigenvalue weighted by Gasteiger charge is 2.29. The van der Waals surface area contributed by atoms with E-state index in [-0.39, 0.29) is 0 Å². The lowest BCUT2D eigenvalue weighted by Crippen LogP contribution is -2.08. The highest BCUT2D eigenvalue weighted by atomic mass is 127. The molecule has 1 N–H and O–H groups in total. The van der Waals surface area contributed by atoms with Crippen molar-refractivity contribution < 1.29 is 0 Å². The molecule has 0 aromatic carbocycles. The molecule has 0 bridgehead atoms. The van der Waals surface area contributed by atoms with Crippen LogP contribution in [0, 0.1) is 3.57 Å². The van der Waals surface area contributed by atoms with E-state index in [0.717, 1.165) is 33.8 Å². The number of halogens is 2. The van der Waals surface area contributed by atoms with E-state index in [1.165, 1.54) is 33.4 Å². The van der Waals surface area contributed by atoms with Crippen LogP contribution in [0.15, 0.2) is 12.1 Å². The summed E-state index contributed by atoms with van der Waals surface area (Å²) in [6.45, 7) is 3.09. The Hall–Kier alpha value is -0.400. The number of nitrogens with zero attached hydrogens (tertiary/aromatic N) is 2. The largest absolute Gasteiger partial charge is 0.369 e. The van der Waals surface area contributed by atoms with Gasteiger partial charge in [0, 0.05) is 12.5 Å². The minimum atomic E-state index is 0.612. The number of hydrogen-bond acceptors (Lipinski definition) is 4. The Morgan fingerprint density at radius 2 is 2.20 bits per heavy atom. The zero-order chi connectivity index (χ0) is 14.1. The predicted octanol–water partition coefficient (Wildman–Crippen LogP) is 5.16. The zero-order valence-corrected chi connectivity index (χ0v) is 14.8. The van der Waals surface area contributed by atoms with Gasteiger partial charge < -0.3 is 5.32 Å². The van der Waals surface area contributed by atoms with Crippen LogP contribution in [0.5, 0.6) is 0 Å². The summed E-state index contributed by atoms with van der Waals surface area (Å²) >= 11 is 9.92. The van der Waals surface area contributed by atoms with Crippen LogP contribution in [0.4, 0.5) is 5.82 Å². The lowest BCUT2D eigenvalue weighted by atomic mass is 10.2. The van der Waals surface area contributed by atoms with Gasteiger partial charge in [-0.2, -0.15) is 0 Å². The van der Waals surface area contributed by atoms with Crippen LogP contribution in [0.25, 0.3) is 10.7 Å². The number of rotatable bonds is 5. The van der Waals surface area contributed by atoms with Crippen LogP contribution in [-0.4, -0.2) is 16.5 Å². The third-order valence-electron chi connectivity index (χ3n) is 3.18. The fourth-order valence-electron chi connectivity index (χ4n) is 2.00. The van der Waals surface area contributed by atoms with Gasteiger partial charge in [-0.15, -0.1) is 11.3 Å². The van der Waals surface area contributed by atoms with Crippen LogP contribution in [0.1, 0.15) is 37.8 Å². The first kappa shape index (κ1) is 14.5. The summed E-state index contributed by atoms with van der Waals surface area (Å²) in [7, 11) is 0. The number of anilines is 1. The molecule has 1 aliphatic carbocycles. The fourth-order valence-corrected chi connectivity index (χ4v) is 3.85. The third kappa shape index (κ3) is 3.09. The third-order valence-corrected chi connectivity index (χ3v) is 5.47. The van der Waals surface area contributed by atoms with E-state index < -0.39 is 0 Å². The Balaban J connectivity index is 2.03. The van der Waals surface area contributed by atoms with Crippen LogP contribution in [0.2, 0.25) is 4.34 Å². The molecule has 0 aliphatic heterocycles. The van der Waals surface area contributed by atoms with Gasteiger partial charge in [-0.3, -0.25) is 0 Å². The SMILES string of the molecule is CCCNc1nc(-c2ccc(Cl)s2)nc(C2CC2)c1I. The van der Waals surface area contributed by atoms with Crippen molar-refractivity contribution >= 4 is 51.3 Å². The van der Waals surface area contributed by atoms with Gasteiger partial charge in [-0.25, -0.2) is 9.97 Å². The molecule has 0 radical (unpaired) electrons. The molecule has 106 valence electrons. The molecule has 2 aromatic rings. The van der Waals surface area contributed by atoms with E-state index in [9.17, 15) is 0 Å². The molecule has 0 saturated heterocycles. The van der Waals surface area contributed by atoms with Crippen LogP contribution in [0.3, 0.4) is 0 Å². The van der Waals surface area contributed by atoms with Gasteiger partial charge in [0.05, 0.1) is 18.5 Å². The van der Waals surface area contributed by atoms with E-state index in [2.05, 4.69) is 39.8 Å². The molecular weight excluding hydrogens is 405 g/mol. The van der Waals surface area contributed by atoms with Crippen LogP contribution in [-0.2, 0) is 0 Å². The lowest BCUT2D eigenvalue weighted by molar-refractivity contribution is 0.940. The molecule has 1 aliphatic rings. The maximum atomic E-state index is 6.03. The topological polar surface area (TPSA) is 37.8 Å². The van der Waals surface area contributed by atoms with Crippen molar-refractivity contribution in [3.05, 3.63) is 25.7 Å². The monoisotopic (exact) mass is 419 g/mol. The molecule has 0 spiro atoms. The zero-order valence-electron chi connectivity index (χ0n) is 11.1. The van der Waals surface area contributed by atoms with E-state index >= 15 is 0 Å². The second-order valence-electron chi connectivity index (χ2n) is 4.90. The maximum Gasteiger partial charge on any atom is 0.171 e. The molecule has 2 heterocycles. The molecule has 0 atom stereocenters. The summed E-state index contributed by atoms with van der Waals surface area (Å²) in [6.07, 6.45) is 3.56. The number of aromatic nitrogens is 2. The van der Waals surface area contributed by atoms with Crippen molar-refractivity contribution in [3.8, 4) is 10.7 Å². The fraction of sp³-hybridized carbons (Fsp3) is 0.429. The molecular formula is C14H15ClIN3S. The summed E-state index contributed by atoms with van der Waals surface area (Å²) in [5, 5.41) is 3.42. The van der Waals surface area contributed by atoms with Gasteiger partial charge in [0.2, 0.25) is 0 Å². The maximum absolute atomic E-state index is 6.03. The Bertz CT molecular complexity index is 625. The van der Waals surface area contributed by atoms with E-state index in [1.54, 1.807) is 0 Å². The number of hydrogen-bond donors (Lipinski definition) is 1. The number of thiophene rings is 1. The lowest BCUT2D eigenvalue weighted by Gasteiger charge is -2.11. The Labute approximate surface area is 141 Å². The predicted molar refractivity (Wildman–Crippen MR) is 93.8 cm³/mol. The van der Waals surface area contributed by atoms with Gasteiger partial charge in [0.25, 0.3) is 0 Å². The van der Waals surface area contributed by atoms with Gasteiger partial charge >= 0.3 is 0 Å². The quantitative estimate of drug-likeness (QED) is 0.680. The van der Waals surface area contributed by atoms with E-state index in [0.29, 0.717) is 5.92 Å². The van der Waals surface area contributed by atoms with E-state index in [4.69, 9.17) is 16.6 Å². The molecule has 0 unspecified atom stereocenters. The van der Waals surface area contributed by atoms with Gasteiger partial charge in [0.1, 0.15) is 5.82 Å². The first-order chi connectivity index (χ1) is 9.69. The molecule has 1 saturated carbocycles. The standard InChI is InChI=1S/C14H15ClIN3S/c1-2-7-17-14-11(16)12(8-3-4-8)18-13(19-14)9-5-6-10(15)20-9/h5-6,8H,2-4,7H2,1H3,(H,17,18,19). The molecule has 0 amide bonds. The van der Waals surface area contributed by atoms with Gasteiger partial charge in [-0.1, -0.05) is 18.5 Å². The highest BCUT2D eigenvalue weighted by molar-refractivity contribution is 14.1. The second-order valence-corrected chi connectivity index (χ2v) is 7.69. The Kier molecular flexibility index (Phi) is 4.47. The summed E-state index contributed by atoms with van der Waals surface area (Å²) in [5.74, 6) is 2.37. The Morgan fingerprint density at radius 1 is 1.40 bits per heavy atom. The average Bonchev–Trinajstić information content (AvgIpc) is 3.19. The smallest absolute Gasteiger partial charge is 0.171 e. The molecule has 3 rings (SSSR count). The summed E-state index contributed by atoms with van der Waals surface area (Å²) < 4.78 is 1.95. The van der Waals surface area contributed by atoms with Crippen molar-refractivity contribution in [1.82, 2.24) is 9.97 Å². The van der Waals surface area contributed by atoms with Crippen molar-refractivity contribution in [1.29, 1.82) is 0 Å². The van der Waals surface area contributed by atoms with Crippen molar-refractivity contribution in [2.75, 3.05) is 11.9 Å². The first-order valence-electron chi connectivity index (χ1n) is 6.76. The van der Waals surface area contributed by atoms with Gasteiger partial charge in [-0.05, 0) is 54.0 Å². The van der Waals surface area contributed by atoms with Crippen molar-refractivity contribution in [2.45, 2.75) is 32.1 Å². The minimum Gasteiger partial charge on any atom is -0.369 e. The van der Waals surface area contributed by atoms with Crippen LogP contribution < -0.4 is 5.32 Å². The van der Waals surface area contributed by atoms with Crippen molar-refractivity contribution in [3.63, 3.8) is 0 Å². The summed E-state index contributed by atoms with van der Waals surface area (Å²) in [5.41, 5.74) is 1.19. The number of nitrogens with one attached hydrogen (secondary N) is 1. The average molecular weight is 420 g/mol. The molecule has 2 aromatic heterocycles. The van der Waals surface area contributed by atoms with Crippen LogP contribution >= 0.6 is 45.5 Å². The molecule has 6 heteroatoms. The minimum absolute atomic E-state index is 0.612.